The Morgan fingerprint density at radius 3 is 2.65 bits per heavy atom. The van der Waals surface area contributed by atoms with E-state index in [0.29, 0.717) is 6.54 Å². The number of aryl methyl sites for hydroxylation is 1. The van der Waals surface area contributed by atoms with E-state index < -0.39 is 0 Å². The quantitative estimate of drug-likeness (QED) is 0.845. The van der Waals surface area contributed by atoms with E-state index in [1.54, 1.807) is 0 Å². The van der Waals surface area contributed by atoms with Gasteiger partial charge in [-0.1, -0.05) is 6.07 Å². The molecule has 2 aliphatic rings. The van der Waals surface area contributed by atoms with Gasteiger partial charge in [-0.05, 0) is 44.6 Å². The molecule has 0 unspecified atom stereocenters. The third-order valence-corrected chi connectivity index (χ3v) is 3.73. The summed E-state index contributed by atoms with van der Waals surface area (Å²) in [6.07, 6.45) is 5.44. The summed E-state index contributed by atoms with van der Waals surface area (Å²) in [5.41, 5.74) is 8.13. The third-order valence-electron chi connectivity index (χ3n) is 3.73. The highest BCUT2D eigenvalue weighted by Gasteiger charge is 2.35. The van der Waals surface area contributed by atoms with Crippen LogP contribution in [0.15, 0.2) is 12.1 Å². The number of nitrogens with two attached hydrogens (primary N) is 1. The molecule has 0 radical (unpaired) electrons. The lowest BCUT2D eigenvalue weighted by atomic mass is 10.2. The molecular weight excluding hydrogens is 210 g/mol. The molecule has 3 heteroatoms. The monoisotopic (exact) mass is 231 g/mol. The number of nitrogens with zero attached hydrogens (tertiary/aromatic N) is 2. The van der Waals surface area contributed by atoms with Crippen LogP contribution in [0.2, 0.25) is 0 Å². The molecule has 0 saturated heterocycles. The van der Waals surface area contributed by atoms with E-state index in [4.69, 9.17) is 10.7 Å². The van der Waals surface area contributed by atoms with Crippen LogP contribution in [-0.4, -0.2) is 17.6 Å². The smallest absolute Gasteiger partial charge is 0.133 e. The maximum absolute atomic E-state index is 5.84. The van der Waals surface area contributed by atoms with Crippen LogP contribution in [0.25, 0.3) is 0 Å². The standard InChI is InChI=1S/C14H21N3/c1-10-2-5-12(8-15)14(16-10)17(13-6-7-13)9-11-3-4-11/h2,5,11,13H,3-4,6-9,15H2,1H3. The fourth-order valence-electron chi connectivity index (χ4n) is 2.35. The minimum atomic E-state index is 0.594. The van der Waals surface area contributed by atoms with Gasteiger partial charge in [-0.2, -0.15) is 0 Å². The van der Waals surface area contributed by atoms with Crippen molar-refractivity contribution in [1.29, 1.82) is 0 Å². The lowest BCUT2D eigenvalue weighted by Gasteiger charge is -2.26. The summed E-state index contributed by atoms with van der Waals surface area (Å²) in [7, 11) is 0. The zero-order valence-electron chi connectivity index (χ0n) is 10.5. The average Bonchev–Trinajstić information content (AvgIpc) is 3.17. The van der Waals surface area contributed by atoms with Crippen LogP contribution in [0.5, 0.6) is 0 Å². The van der Waals surface area contributed by atoms with E-state index in [0.717, 1.165) is 23.5 Å². The minimum Gasteiger partial charge on any atom is -0.353 e. The van der Waals surface area contributed by atoms with Gasteiger partial charge in [0, 0.05) is 30.4 Å². The molecule has 0 aliphatic heterocycles. The van der Waals surface area contributed by atoms with Crippen molar-refractivity contribution in [3.8, 4) is 0 Å². The predicted molar refractivity (Wildman–Crippen MR) is 70.0 cm³/mol. The number of aromatic nitrogens is 1. The summed E-state index contributed by atoms with van der Waals surface area (Å²) in [5.74, 6) is 2.06. The molecular formula is C14H21N3. The molecule has 0 amide bonds. The Morgan fingerprint density at radius 1 is 1.29 bits per heavy atom. The van der Waals surface area contributed by atoms with E-state index in [1.807, 2.05) is 0 Å². The number of hydrogen-bond donors (Lipinski definition) is 1. The van der Waals surface area contributed by atoms with Gasteiger partial charge in [0.1, 0.15) is 5.82 Å². The van der Waals surface area contributed by atoms with E-state index in [-0.39, 0.29) is 0 Å². The summed E-state index contributed by atoms with van der Waals surface area (Å²) >= 11 is 0. The summed E-state index contributed by atoms with van der Waals surface area (Å²) < 4.78 is 0. The van der Waals surface area contributed by atoms with Crippen molar-refractivity contribution in [3.63, 3.8) is 0 Å². The molecule has 2 N–H and O–H groups in total. The Hall–Kier alpha value is -1.09. The van der Waals surface area contributed by atoms with Gasteiger partial charge in [-0.15, -0.1) is 0 Å². The van der Waals surface area contributed by atoms with E-state index in [2.05, 4.69) is 24.0 Å². The Kier molecular flexibility index (Phi) is 2.79. The molecule has 2 saturated carbocycles. The fraction of sp³-hybridized carbons (Fsp3) is 0.643. The van der Waals surface area contributed by atoms with Gasteiger partial charge in [-0.3, -0.25) is 0 Å². The topological polar surface area (TPSA) is 42.1 Å². The van der Waals surface area contributed by atoms with E-state index >= 15 is 0 Å². The van der Waals surface area contributed by atoms with Crippen molar-refractivity contribution in [3.05, 3.63) is 23.4 Å². The molecule has 3 rings (SSSR count). The van der Waals surface area contributed by atoms with Gasteiger partial charge in [-0.25, -0.2) is 4.98 Å². The Balaban J connectivity index is 1.89. The zero-order valence-corrected chi connectivity index (χ0v) is 10.5. The molecule has 2 fully saturated rings. The van der Waals surface area contributed by atoms with E-state index in [1.165, 1.54) is 37.8 Å². The zero-order chi connectivity index (χ0) is 11.8. The second kappa shape index (κ2) is 4.30. The van der Waals surface area contributed by atoms with Gasteiger partial charge < -0.3 is 10.6 Å². The summed E-state index contributed by atoms with van der Waals surface area (Å²) in [5, 5.41) is 0. The van der Waals surface area contributed by atoms with Crippen LogP contribution >= 0.6 is 0 Å². The van der Waals surface area contributed by atoms with Crippen LogP contribution < -0.4 is 10.6 Å². The van der Waals surface area contributed by atoms with Crippen molar-refractivity contribution in [2.75, 3.05) is 11.4 Å². The van der Waals surface area contributed by atoms with Gasteiger partial charge >= 0.3 is 0 Å². The van der Waals surface area contributed by atoms with Gasteiger partial charge in [0.2, 0.25) is 0 Å². The summed E-state index contributed by atoms with van der Waals surface area (Å²) in [6, 6.07) is 4.93. The second-order valence-corrected chi connectivity index (χ2v) is 5.47. The maximum Gasteiger partial charge on any atom is 0.133 e. The molecule has 17 heavy (non-hydrogen) atoms. The van der Waals surface area contributed by atoms with Crippen LogP contribution in [0, 0.1) is 12.8 Å². The molecule has 0 atom stereocenters. The number of pyridine rings is 1. The Labute approximate surface area is 103 Å². The first-order valence-electron chi connectivity index (χ1n) is 6.71. The molecule has 0 bridgehead atoms. The predicted octanol–water partition coefficient (Wildman–Crippen LogP) is 2.23. The van der Waals surface area contributed by atoms with Crippen molar-refractivity contribution in [2.45, 2.75) is 45.2 Å². The van der Waals surface area contributed by atoms with Gasteiger partial charge in [0.25, 0.3) is 0 Å². The maximum atomic E-state index is 5.84. The Morgan fingerprint density at radius 2 is 2.06 bits per heavy atom. The van der Waals surface area contributed by atoms with E-state index in [9.17, 15) is 0 Å². The number of anilines is 1. The first-order valence-corrected chi connectivity index (χ1v) is 6.71. The highest BCUT2D eigenvalue weighted by atomic mass is 15.2. The molecule has 2 aliphatic carbocycles. The summed E-state index contributed by atoms with van der Waals surface area (Å²) in [6.45, 7) is 3.84. The lowest BCUT2D eigenvalue weighted by Crippen LogP contribution is -2.30. The van der Waals surface area contributed by atoms with Crippen LogP contribution in [0.4, 0.5) is 5.82 Å². The Bertz CT molecular complexity index is 408. The van der Waals surface area contributed by atoms with Crippen LogP contribution in [-0.2, 0) is 6.54 Å². The van der Waals surface area contributed by atoms with Crippen molar-refractivity contribution in [2.24, 2.45) is 11.7 Å². The molecule has 3 nitrogen and oxygen atoms in total. The van der Waals surface area contributed by atoms with Gasteiger partial charge in [0.05, 0.1) is 0 Å². The normalized spacial score (nSPS) is 19.4. The summed E-state index contributed by atoms with van der Waals surface area (Å²) in [4.78, 5) is 7.25. The molecule has 1 aromatic heterocycles. The molecule has 0 aromatic carbocycles. The highest BCUT2D eigenvalue weighted by molar-refractivity contribution is 5.50. The van der Waals surface area contributed by atoms with Crippen molar-refractivity contribution in [1.82, 2.24) is 4.98 Å². The largest absolute Gasteiger partial charge is 0.353 e. The highest BCUT2D eigenvalue weighted by Crippen LogP contribution is 2.38. The molecule has 1 heterocycles. The average molecular weight is 231 g/mol. The third kappa shape index (κ3) is 2.44. The minimum absolute atomic E-state index is 0.594. The number of rotatable bonds is 5. The van der Waals surface area contributed by atoms with Crippen LogP contribution in [0.3, 0.4) is 0 Å². The first kappa shape index (κ1) is 11.0. The first-order chi connectivity index (χ1) is 8.28. The van der Waals surface area contributed by atoms with Crippen LogP contribution in [0.1, 0.15) is 36.9 Å². The van der Waals surface area contributed by atoms with Crippen molar-refractivity contribution < 1.29 is 0 Å². The fourth-order valence-corrected chi connectivity index (χ4v) is 2.35. The number of hydrogen-bond acceptors (Lipinski definition) is 3. The molecule has 0 spiro atoms. The SMILES string of the molecule is Cc1ccc(CN)c(N(CC2CC2)C2CC2)n1. The molecule has 92 valence electrons. The van der Waals surface area contributed by atoms with Gasteiger partial charge in [0.15, 0.2) is 0 Å². The second-order valence-electron chi connectivity index (χ2n) is 5.47. The molecule has 1 aromatic rings. The van der Waals surface area contributed by atoms with Crippen molar-refractivity contribution >= 4 is 5.82 Å². The lowest BCUT2D eigenvalue weighted by molar-refractivity contribution is 0.702.